The summed E-state index contributed by atoms with van der Waals surface area (Å²) in [6.07, 6.45) is -0.315. The number of hydrogen-bond donors (Lipinski definition) is 1. The maximum absolute atomic E-state index is 11.4. The first kappa shape index (κ1) is 9.78. The Morgan fingerprint density at radius 2 is 2.20 bits per heavy atom. The SMILES string of the molecule is Cc1csc(N2C(=O)CC(=O)NC2=O)n1. The first-order valence-corrected chi connectivity index (χ1v) is 5.05. The van der Waals surface area contributed by atoms with Crippen molar-refractivity contribution < 1.29 is 14.4 Å². The lowest BCUT2D eigenvalue weighted by Gasteiger charge is -2.21. The number of hydrogen-bond acceptors (Lipinski definition) is 5. The first-order chi connectivity index (χ1) is 7.08. The van der Waals surface area contributed by atoms with Gasteiger partial charge in [-0.2, -0.15) is 0 Å². The molecule has 0 radical (unpaired) electrons. The molecule has 1 saturated heterocycles. The van der Waals surface area contributed by atoms with Gasteiger partial charge in [-0.15, -0.1) is 11.3 Å². The fourth-order valence-corrected chi connectivity index (χ4v) is 2.00. The highest BCUT2D eigenvalue weighted by molar-refractivity contribution is 7.14. The van der Waals surface area contributed by atoms with Crippen LogP contribution in [0.25, 0.3) is 0 Å². The quantitative estimate of drug-likeness (QED) is 0.702. The van der Waals surface area contributed by atoms with E-state index in [9.17, 15) is 14.4 Å². The molecule has 78 valence electrons. The van der Waals surface area contributed by atoms with Crippen molar-refractivity contribution in [3.63, 3.8) is 0 Å². The molecule has 1 N–H and O–H groups in total. The molecule has 0 atom stereocenters. The number of carbonyl (C=O) groups excluding carboxylic acids is 3. The van der Waals surface area contributed by atoms with Gasteiger partial charge in [-0.3, -0.25) is 14.9 Å². The molecule has 1 aromatic rings. The van der Waals surface area contributed by atoms with Crippen LogP contribution in [0.2, 0.25) is 0 Å². The zero-order chi connectivity index (χ0) is 11.0. The van der Waals surface area contributed by atoms with Crippen molar-refractivity contribution in [3.05, 3.63) is 11.1 Å². The number of imide groups is 2. The smallest absolute Gasteiger partial charge is 0.277 e. The van der Waals surface area contributed by atoms with Crippen LogP contribution in [-0.2, 0) is 9.59 Å². The fourth-order valence-electron chi connectivity index (χ4n) is 1.19. The monoisotopic (exact) mass is 225 g/mol. The number of anilines is 1. The summed E-state index contributed by atoms with van der Waals surface area (Å²) >= 11 is 1.19. The minimum absolute atomic E-state index is 0.294. The summed E-state index contributed by atoms with van der Waals surface area (Å²) in [5.74, 6) is -1.12. The topological polar surface area (TPSA) is 79.4 Å². The van der Waals surface area contributed by atoms with Crippen LogP contribution in [0.5, 0.6) is 0 Å². The van der Waals surface area contributed by atoms with E-state index in [1.54, 1.807) is 12.3 Å². The number of urea groups is 1. The highest BCUT2D eigenvalue weighted by atomic mass is 32.1. The van der Waals surface area contributed by atoms with Gasteiger partial charge in [0.2, 0.25) is 16.9 Å². The third-order valence-corrected chi connectivity index (χ3v) is 2.75. The van der Waals surface area contributed by atoms with E-state index in [-0.39, 0.29) is 6.42 Å². The molecular formula is C8H7N3O3S. The molecule has 0 unspecified atom stereocenters. The fraction of sp³-hybridized carbons (Fsp3) is 0.250. The Bertz CT molecular complexity index is 434. The lowest BCUT2D eigenvalue weighted by atomic mass is 10.3. The lowest BCUT2D eigenvalue weighted by molar-refractivity contribution is -0.128. The van der Waals surface area contributed by atoms with Crippen LogP contribution >= 0.6 is 11.3 Å². The summed E-state index contributed by atoms with van der Waals surface area (Å²) in [5, 5.41) is 4.08. The van der Waals surface area contributed by atoms with Crippen LogP contribution in [0.3, 0.4) is 0 Å². The maximum Gasteiger partial charge on any atom is 0.337 e. The average molecular weight is 225 g/mol. The molecule has 2 heterocycles. The second kappa shape index (κ2) is 3.43. The Morgan fingerprint density at radius 1 is 1.47 bits per heavy atom. The predicted octanol–water partition coefficient (Wildman–Crippen LogP) is 0.424. The number of amides is 4. The predicted molar refractivity (Wildman–Crippen MR) is 52.5 cm³/mol. The molecule has 4 amide bonds. The summed E-state index contributed by atoms with van der Waals surface area (Å²) in [5.41, 5.74) is 0.729. The normalized spacial score (nSPS) is 16.9. The molecule has 1 aromatic heterocycles. The van der Waals surface area contributed by atoms with E-state index in [0.717, 1.165) is 10.6 Å². The van der Waals surface area contributed by atoms with Crippen LogP contribution in [0, 0.1) is 6.92 Å². The number of aromatic nitrogens is 1. The van der Waals surface area contributed by atoms with Crippen molar-refractivity contribution in [1.29, 1.82) is 0 Å². The van der Waals surface area contributed by atoms with E-state index >= 15 is 0 Å². The maximum atomic E-state index is 11.4. The van der Waals surface area contributed by atoms with Crippen molar-refractivity contribution >= 4 is 34.3 Å². The lowest BCUT2D eigenvalue weighted by Crippen LogP contribution is -2.52. The molecule has 0 aliphatic carbocycles. The first-order valence-electron chi connectivity index (χ1n) is 4.17. The van der Waals surface area contributed by atoms with Crippen molar-refractivity contribution in [2.75, 3.05) is 4.90 Å². The number of nitrogens with zero attached hydrogens (tertiary/aromatic N) is 2. The van der Waals surface area contributed by atoms with E-state index < -0.39 is 17.8 Å². The standard InChI is InChI=1S/C8H7N3O3S/c1-4-3-15-8(9-4)11-6(13)2-5(12)10-7(11)14/h3H,2H2,1H3,(H,10,12,14). The number of thiazole rings is 1. The number of barbiturate groups is 1. The van der Waals surface area contributed by atoms with Gasteiger partial charge in [-0.25, -0.2) is 14.7 Å². The van der Waals surface area contributed by atoms with Gasteiger partial charge in [-0.05, 0) is 6.92 Å². The van der Waals surface area contributed by atoms with Crippen molar-refractivity contribution in [1.82, 2.24) is 10.3 Å². The van der Waals surface area contributed by atoms with E-state index in [2.05, 4.69) is 10.3 Å². The third-order valence-electron chi connectivity index (χ3n) is 1.81. The minimum atomic E-state index is -0.731. The van der Waals surface area contributed by atoms with Crippen LogP contribution in [-0.4, -0.2) is 22.8 Å². The van der Waals surface area contributed by atoms with Gasteiger partial charge in [0.15, 0.2) is 0 Å². The summed E-state index contributed by atoms with van der Waals surface area (Å²) in [7, 11) is 0. The zero-order valence-electron chi connectivity index (χ0n) is 7.81. The Morgan fingerprint density at radius 3 is 2.73 bits per heavy atom. The summed E-state index contributed by atoms with van der Waals surface area (Å²) < 4.78 is 0. The average Bonchev–Trinajstić information content (AvgIpc) is 2.49. The zero-order valence-corrected chi connectivity index (χ0v) is 8.63. The van der Waals surface area contributed by atoms with Crippen LogP contribution in [0.1, 0.15) is 12.1 Å². The largest absolute Gasteiger partial charge is 0.337 e. The van der Waals surface area contributed by atoms with Gasteiger partial charge >= 0.3 is 6.03 Å². The van der Waals surface area contributed by atoms with Crippen molar-refractivity contribution in [3.8, 4) is 0 Å². The molecule has 7 heteroatoms. The molecular weight excluding hydrogens is 218 g/mol. The highest BCUT2D eigenvalue weighted by Gasteiger charge is 2.33. The van der Waals surface area contributed by atoms with E-state index in [1.165, 1.54) is 11.3 Å². The molecule has 1 aliphatic heterocycles. The van der Waals surface area contributed by atoms with Gasteiger partial charge in [0, 0.05) is 5.38 Å². The van der Waals surface area contributed by atoms with Gasteiger partial charge in [0.25, 0.3) is 0 Å². The summed E-state index contributed by atoms with van der Waals surface area (Å²) in [6, 6.07) is -0.731. The van der Waals surface area contributed by atoms with Crippen LogP contribution in [0.4, 0.5) is 9.93 Å². The molecule has 0 bridgehead atoms. The molecule has 1 aliphatic rings. The minimum Gasteiger partial charge on any atom is -0.277 e. The summed E-state index contributed by atoms with van der Waals surface area (Å²) in [6.45, 7) is 1.76. The second-order valence-corrected chi connectivity index (χ2v) is 3.87. The van der Waals surface area contributed by atoms with Crippen LogP contribution in [0.15, 0.2) is 5.38 Å². The number of rotatable bonds is 1. The molecule has 0 aromatic carbocycles. The van der Waals surface area contributed by atoms with Gasteiger partial charge in [0.05, 0.1) is 5.69 Å². The number of nitrogens with one attached hydrogen (secondary N) is 1. The molecule has 15 heavy (non-hydrogen) atoms. The van der Waals surface area contributed by atoms with Gasteiger partial charge in [-0.1, -0.05) is 0 Å². The van der Waals surface area contributed by atoms with Gasteiger partial charge in [0.1, 0.15) is 6.42 Å². The third kappa shape index (κ3) is 1.73. The van der Waals surface area contributed by atoms with Crippen LogP contribution < -0.4 is 10.2 Å². The molecule has 6 nitrogen and oxygen atoms in total. The highest BCUT2D eigenvalue weighted by Crippen LogP contribution is 2.22. The Balaban J connectivity index is 2.32. The van der Waals surface area contributed by atoms with Crippen molar-refractivity contribution in [2.45, 2.75) is 13.3 Å². The molecule has 1 fully saturated rings. The second-order valence-electron chi connectivity index (χ2n) is 3.03. The Labute approximate surface area is 88.9 Å². The Kier molecular flexibility index (Phi) is 2.24. The molecule has 2 rings (SSSR count). The summed E-state index contributed by atoms with van der Waals surface area (Å²) in [4.78, 5) is 38.6. The van der Waals surface area contributed by atoms with E-state index in [1.807, 2.05) is 0 Å². The molecule has 0 spiro atoms. The van der Waals surface area contributed by atoms with E-state index in [0.29, 0.717) is 5.13 Å². The van der Waals surface area contributed by atoms with E-state index in [4.69, 9.17) is 0 Å². The Hall–Kier alpha value is -1.76. The number of carbonyl (C=O) groups is 3. The van der Waals surface area contributed by atoms with Crippen molar-refractivity contribution in [2.24, 2.45) is 0 Å². The molecule has 0 saturated carbocycles. The van der Waals surface area contributed by atoms with Gasteiger partial charge < -0.3 is 0 Å². The number of aryl methyl sites for hydroxylation is 1.